The van der Waals surface area contributed by atoms with Crippen LogP contribution < -0.4 is 14.8 Å². The van der Waals surface area contributed by atoms with Gasteiger partial charge in [-0.3, -0.25) is 14.9 Å². The van der Waals surface area contributed by atoms with Crippen molar-refractivity contribution < 1.29 is 28.7 Å². The van der Waals surface area contributed by atoms with Gasteiger partial charge in [-0.1, -0.05) is 17.4 Å². The zero-order valence-electron chi connectivity index (χ0n) is 13.6. The van der Waals surface area contributed by atoms with Gasteiger partial charge in [0.05, 0.1) is 4.92 Å². The van der Waals surface area contributed by atoms with E-state index in [1.807, 2.05) is 0 Å². The van der Waals surface area contributed by atoms with Crippen LogP contribution in [0.5, 0.6) is 11.5 Å². The Kier molecular flexibility index (Phi) is 5.03. The van der Waals surface area contributed by atoms with Crippen LogP contribution in [0.15, 0.2) is 30.3 Å². The van der Waals surface area contributed by atoms with Gasteiger partial charge in [0, 0.05) is 12.6 Å². The second kappa shape index (κ2) is 7.40. The van der Waals surface area contributed by atoms with E-state index in [1.165, 1.54) is 19.1 Å². The lowest BCUT2D eigenvalue weighted by atomic mass is 10.2. The third kappa shape index (κ3) is 3.91. The highest BCUT2D eigenvalue weighted by molar-refractivity contribution is 7.17. The smallest absolute Gasteiger partial charge is 0.349 e. The van der Waals surface area contributed by atoms with E-state index < -0.39 is 22.9 Å². The second-order valence-corrected chi connectivity index (χ2v) is 6.41. The number of carbonyl (C=O) groups is 2. The fourth-order valence-electron chi connectivity index (χ4n) is 2.19. The van der Waals surface area contributed by atoms with E-state index in [1.54, 1.807) is 18.2 Å². The van der Waals surface area contributed by atoms with Crippen molar-refractivity contribution in [2.75, 3.05) is 6.79 Å². The van der Waals surface area contributed by atoms with E-state index in [0.29, 0.717) is 22.8 Å². The normalized spacial score (nSPS) is 13.1. The third-order valence-corrected chi connectivity index (χ3v) is 4.55. The molecule has 2 heterocycles. The van der Waals surface area contributed by atoms with Crippen molar-refractivity contribution in [1.82, 2.24) is 5.32 Å². The van der Waals surface area contributed by atoms with Crippen LogP contribution in [0.25, 0.3) is 0 Å². The third-order valence-electron chi connectivity index (χ3n) is 3.53. The number of hydrogen-bond acceptors (Lipinski definition) is 8. The molecule has 0 saturated heterocycles. The number of ether oxygens (including phenoxy) is 3. The molecule has 1 atom stereocenters. The second-order valence-electron chi connectivity index (χ2n) is 5.35. The molecule has 0 spiro atoms. The molecular weight excluding hydrogens is 364 g/mol. The van der Waals surface area contributed by atoms with Gasteiger partial charge in [-0.25, -0.2) is 4.79 Å². The minimum atomic E-state index is -1.04. The molecule has 0 aliphatic carbocycles. The molecule has 0 unspecified atom stereocenters. The Morgan fingerprint density at radius 3 is 2.81 bits per heavy atom. The van der Waals surface area contributed by atoms with Gasteiger partial charge in [0.2, 0.25) is 6.79 Å². The predicted octanol–water partition coefficient (Wildman–Crippen LogP) is 2.25. The molecule has 26 heavy (non-hydrogen) atoms. The fraction of sp³-hybridized carbons (Fsp3) is 0.250. The maximum absolute atomic E-state index is 12.1. The molecule has 1 amide bonds. The van der Waals surface area contributed by atoms with Crippen LogP contribution in [0.1, 0.15) is 22.2 Å². The summed E-state index contributed by atoms with van der Waals surface area (Å²) < 4.78 is 15.5. The molecule has 1 aliphatic rings. The van der Waals surface area contributed by atoms with Crippen LogP contribution in [-0.4, -0.2) is 29.7 Å². The van der Waals surface area contributed by atoms with Crippen molar-refractivity contribution in [2.24, 2.45) is 0 Å². The average Bonchev–Trinajstić information content (AvgIpc) is 3.28. The van der Waals surface area contributed by atoms with Crippen molar-refractivity contribution in [3.05, 3.63) is 50.9 Å². The number of nitrogens with one attached hydrogen (secondary N) is 1. The summed E-state index contributed by atoms with van der Waals surface area (Å²) in [5.74, 6) is -0.0150. The molecule has 0 saturated carbocycles. The summed E-state index contributed by atoms with van der Waals surface area (Å²) in [5, 5.41) is 13.1. The average molecular weight is 378 g/mol. The molecule has 10 heteroatoms. The Morgan fingerprint density at radius 1 is 1.31 bits per heavy atom. The molecule has 1 N–H and O–H groups in total. The maximum atomic E-state index is 12.1. The van der Waals surface area contributed by atoms with E-state index in [0.717, 1.165) is 5.56 Å². The van der Waals surface area contributed by atoms with Crippen LogP contribution in [0.2, 0.25) is 0 Å². The van der Waals surface area contributed by atoms with E-state index in [4.69, 9.17) is 14.2 Å². The van der Waals surface area contributed by atoms with Crippen LogP contribution >= 0.6 is 11.3 Å². The zero-order valence-corrected chi connectivity index (χ0v) is 14.4. The van der Waals surface area contributed by atoms with Gasteiger partial charge in [-0.2, -0.15) is 0 Å². The first-order valence-corrected chi connectivity index (χ1v) is 8.37. The van der Waals surface area contributed by atoms with E-state index >= 15 is 0 Å². The van der Waals surface area contributed by atoms with Gasteiger partial charge in [-0.05, 0) is 30.7 Å². The SMILES string of the molecule is C[C@@H](OC(=O)c1ccc([N+](=O)[O-])s1)C(=O)NCc1ccc2c(c1)OCO2. The molecule has 0 radical (unpaired) electrons. The first-order chi connectivity index (χ1) is 12.4. The highest BCUT2D eigenvalue weighted by atomic mass is 32.1. The monoisotopic (exact) mass is 378 g/mol. The molecule has 0 fully saturated rings. The van der Waals surface area contributed by atoms with Gasteiger partial charge in [-0.15, -0.1) is 0 Å². The molecule has 2 aromatic rings. The minimum absolute atomic E-state index is 0.0621. The first kappa shape index (κ1) is 17.7. The van der Waals surface area contributed by atoms with Crippen molar-refractivity contribution in [2.45, 2.75) is 19.6 Å². The Morgan fingerprint density at radius 2 is 2.08 bits per heavy atom. The molecule has 136 valence electrons. The van der Waals surface area contributed by atoms with Crippen LogP contribution in [0.3, 0.4) is 0 Å². The summed E-state index contributed by atoms with van der Waals surface area (Å²) in [5.41, 5.74) is 0.801. The largest absolute Gasteiger partial charge is 0.454 e. The summed E-state index contributed by atoms with van der Waals surface area (Å²) in [6, 6.07) is 7.80. The summed E-state index contributed by atoms with van der Waals surface area (Å²) in [7, 11) is 0. The zero-order chi connectivity index (χ0) is 18.7. The van der Waals surface area contributed by atoms with Gasteiger partial charge in [0.25, 0.3) is 5.91 Å². The number of amides is 1. The maximum Gasteiger partial charge on any atom is 0.349 e. The molecule has 3 rings (SSSR count). The summed E-state index contributed by atoms with van der Waals surface area (Å²) in [6.45, 7) is 1.82. The van der Waals surface area contributed by atoms with Gasteiger partial charge >= 0.3 is 11.0 Å². The number of nitro groups is 1. The summed E-state index contributed by atoms with van der Waals surface area (Å²) in [4.78, 5) is 34.1. The lowest BCUT2D eigenvalue weighted by Crippen LogP contribution is -2.35. The Hall–Kier alpha value is -3.14. The number of hydrogen-bond donors (Lipinski definition) is 1. The highest BCUT2D eigenvalue weighted by Crippen LogP contribution is 2.32. The van der Waals surface area contributed by atoms with Crippen LogP contribution in [-0.2, 0) is 16.1 Å². The summed E-state index contributed by atoms with van der Waals surface area (Å²) >= 11 is 0.693. The molecular formula is C16H14N2O7S. The molecule has 1 aliphatic heterocycles. The Balaban J connectivity index is 1.52. The van der Waals surface area contributed by atoms with Gasteiger partial charge < -0.3 is 19.5 Å². The quantitative estimate of drug-likeness (QED) is 0.465. The van der Waals surface area contributed by atoms with Crippen molar-refractivity contribution >= 4 is 28.2 Å². The number of thiophene rings is 1. The number of carbonyl (C=O) groups excluding carboxylic acids is 2. The van der Waals surface area contributed by atoms with Gasteiger partial charge in [0.15, 0.2) is 17.6 Å². The lowest BCUT2D eigenvalue weighted by Gasteiger charge is -2.13. The van der Waals surface area contributed by atoms with E-state index in [9.17, 15) is 19.7 Å². The first-order valence-electron chi connectivity index (χ1n) is 7.55. The van der Waals surface area contributed by atoms with Crippen molar-refractivity contribution in [3.8, 4) is 11.5 Å². The number of benzene rings is 1. The highest BCUT2D eigenvalue weighted by Gasteiger charge is 2.22. The van der Waals surface area contributed by atoms with E-state index in [-0.39, 0.29) is 23.2 Å². The Labute approximate surface area is 151 Å². The lowest BCUT2D eigenvalue weighted by molar-refractivity contribution is -0.380. The minimum Gasteiger partial charge on any atom is -0.454 e. The standard InChI is InChI=1S/C16H14N2O7S/c1-9(25-16(20)13-4-5-14(26-13)18(21)22)15(19)17-7-10-2-3-11-12(6-10)24-8-23-11/h2-6,9H,7-8H2,1H3,(H,17,19)/t9-/m1/s1. The number of esters is 1. The predicted molar refractivity (Wildman–Crippen MR) is 90.3 cm³/mol. The number of fused-ring (bicyclic) bond motifs is 1. The van der Waals surface area contributed by atoms with E-state index in [2.05, 4.69) is 5.32 Å². The topological polar surface area (TPSA) is 117 Å². The number of nitrogens with zero attached hydrogens (tertiary/aromatic N) is 1. The number of rotatable bonds is 6. The molecule has 1 aromatic heterocycles. The van der Waals surface area contributed by atoms with Crippen molar-refractivity contribution in [1.29, 1.82) is 0 Å². The summed E-state index contributed by atoms with van der Waals surface area (Å²) in [6.07, 6.45) is -1.04. The molecule has 0 bridgehead atoms. The van der Waals surface area contributed by atoms with Gasteiger partial charge in [0.1, 0.15) is 4.88 Å². The fourth-order valence-corrected chi connectivity index (χ4v) is 2.89. The molecule has 9 nitrogen and oxygen atoms in total. The van der Waals surface area contributed by atoms with Crippen molar-refractivity contribution in [3.63, 3.8) is 0 Å². The van der Waals surface area contributed by atoms with Crippen LogP contribution in [0.4, 0.5) is 5.00 Å². The molecule has 1 aromatic carbocycles. The Bertz CT molecular complexity index is 864. The van der Waals surface area contributed by atoms with Crippen LogP contribution in [0, 0.1) is 10.1 Å².